The summed E-state index contributed by atoms with van der Waals surface area (Å²) in [6.45, 7) is 9.49. The van der Waals surface area contributed by atoms with Gasteiger partial charge in [0.15, 0.2) is 0 Å². The molecule has 0 bridgehead atoms. The maximum absolute atomic E-state index is 12.0. The molecule has 0 aliphatic carbocycles. The average molecular weight is 301 g/mol. The van der Waals surface area contributed by atoms with Crippen LogP contribution in [0.5, 0.6) is 5.75 Å². The van der Waals surface area contributed by atoms with E-state index in [1.807, 2.05) is 27.7 Å². The third-order valence-corrected chi connectivity index (χ3v) is 3.04. The van der Waals surface area contributed by atoms with Crippen LogP contribution in [0.4, 0.5) is 0 Å². The lowest BCUT2D eigenvalue weighted by Gasteiger charge is -2.28. The van der Waals surface area contributed by atoms with Crippen molar-refractivity contribution in [2.75, 3.05) is 6.26 Å². The Labute approximate surface area is 121 Å². The van der Waals surface area contributed by atoms with Gasteiger partial charge in [-0.15, -0.1) is 10.8 Å². The first kappa shape index (κ1) is 16.8. The molecule has 0 radical (unpaired) electrons. The number of carbonyl (C=O) groups excluding carboxylic acids is 1. The van der Waals surface area contributed by atoms with Crippen LogP contribution in [0, 0.1) is 13.8 Å². The van der Waals surface area contributed by atoms with Crippen LogP contribution in [0.15, 0.2) is 12.1 Å². The van der Waals surface area contributed by atoms with Crippen molar-refractivity contribution in [3.05, 3.63) is 28.8 Å². The van der Waals surface area contributed by atoms with Gasteiger partial charge in [0.2, 0.25) is 0 Å². The van der Waals surface area contributed by atoms with Gasteiger partial charge in [-0.25, -0.2) is 0 Å². The van der Waals surface area contributed by atoms with E-state index in [1.54, 1.807) is 19.1 Å². The number of amides is 1. The molecule has 0 saturated heterocycles. The summed E-state index contributed by atoms with van der Waals surface area (Å²) in [5, 5.41) is 0. The molecule has 1 amide bonds. The zero-order valence-electron chi connectivity index (χ0n) is 12.8. The molecule has 0 aliphatic heterocycles. The van der Waals surface area contributed by atoms with Crippen molar-refractivity contribution in [2.24, 2.45) is 0 Å². The Bertz CT molecular complexity index is 515. The molecule has 114 valence electrons. The van der Waals surface area contributed by atoms with Gasteiger partial charge in [-0.3, -0.25) is 18.6 Å². The van der Waals surface area contributed by atoms with Crippen LogP contribution in [0.2, 0.25) is 0 Å². The van der Waals surface area contributed by atoms with Crippen LogP contribution in [0.1, 0.15) is 42.3 Å². The highest BCUT2D eigenvalue weighted by Crippen LogP contribution is 2.30. The predicted octanol–water partition coefficient (Wildman–Crippen LogP) is 3.51. The van der Waals surface area contributed by atoms with Gasteiger partial charge in [0, 0.05) is 11.8 Å². The summed E-state index contributed by atoms with van der Waals surface area (Å²) in [7, 11) is -3.07. The van der Waals surface area contributed by atoms with Gasteiger partial charge >= 0.3 is 0 Å². The third kappa shape index (κ3) is 5.03. The standard InChI is InChI=1S/C14H23NO4S/c1-9-8-12(19-14(3,4)5)10(2)7-11(9)13(16)15-20(6,17)18/h7-8,17-18H,1-6H3,(H,15,16). The van der Waals surface area contributed by atoms with E-state index in [0.29, 0.717) is 5.56 Å². The summed E-state index contributed by atoms with van der Waals surface area (Å²) in [6.07, 6.45) is 1.17. The summed E-state index contributed by atoms with van der Waals surface area (Å²) in [4.78, 5) is 12.0. The average Bonchev–Trinajstić information content (AvgIpc) is 2.18. The second-order valence-electron chi connectivity index (χ2n) is 5.91. The summed E-state index contributed by atoms with van der Waals surface area (Å²) in [5.74, 6) is 0.213. The van der Waals surface area contributed by atoms with Gasteiger partial charge in [-0.05, 0) is 57.9 Å². The van der Waals surface area contributed by atoms with E-state index in [1.165, 1.54) is 6.26 Å². The van der Waals surface area contributed by atoms with Crippen molar-refractivity contribution in [1.29, 1.82) is 0 Å². The van der Waals surface area contributed by atoms with E-state index in [2.05, 4.69) is 4.72 Å². The zero-order chi connectivity index (χ0) is 15.7. The van der Waals surface area contributed by atoms with Crippen molar-refractivity contribution < 1.29 is 18.6 Å². The van der Waals surface area contributed by atoms with Crippen LogP contribution in [0.25, 0.3) is 0 Å². The molecule has 3 N–H and O–H groups in total. The van der Waals surface area contributed by atoms with Crippen LogP contribution in [0.3, 0.4) is 0 Å². The summed E-state index contributed by atoms with van der Waals surface area (Å²) in [6, 6.07) is 3.48. The van der Waals surface area contributed by atoms with Gasteiger partial charge in [-0.1, -0.05) is 0 Å². The molecular weight excluding hydrogens is 278 g/mol. The number of carbonyl (C=O) groups is 1. The quantitative estimate of drug-likeness (QED) is 0.798. The second-order valence-corrected chi connectivity index (χ2v) is 7.78. The topological polar surface area (TPSA) is 78.8 Å². The minimum absolute atomic E-state index is 0.320. The SMILES string of the molecule is Cc1cc(C(=O)NS(C)(O)O)c(C)cc1OC(C)(C)C. The molecule has 5 nitrogen and oxygen atoms in total. The Hall–Kier alpha value is -1.24. The molecule has 1 aromatic rings. The summed E-state index contributed by atoms with van der Waals surface area (Å²) >= 11 is 0. The van der Waals surface area contributed by atoms with E-state index in [9.17, 15) is 13.9 Å². The highest BCUT2D eigenvalue weighted by Gasteiger charge is 2.18. The summed E-state index contributed by atoms with van der Waals surface area (Å²) in [5.41, 5.74) is 1.63. The van der Waals surface area contributed by atoms with Gasteiger partial charge in [0.1, 0.15) is 11.4 Å². The van der Waals surface area contributed by atoms with Crippen molar-refractivity contribution in [3.8, 4) is 5.75 Å². The number of nitrogens with one attached hydrogen (secondary N) is 1. The predicted molar refractivity (Wildman–Crippen MR) is 82.5 cm³/mol. The van der Waals surface area contributed by atoms with Crippen LogP contribution in [-0.4, -0.2) is 26.9 Å². The van der Waals surface area contributed by atoms with Crippen molar-refractivity contribution in [1.82, 2.24) is 4.72 Å². The van der Waals surface area contributed by atoms with Crippen molar-refractivity contribution in [3.63, 3.8) is 0 Å². The lowest BCUT2D eigenvalue weighted by atomic mass is 10.0. The number of benzene rings is 1. The normalized spacial score (nSPS) is 13.0. The molecule has 0 spiro atoms. The highest BCUT2D eigenvalue weighted by molar-refractivity contribution is 8.22. The largest absolute Gasteiger partial charge is 0.488 e. The number of ether oxygens (including phenoxy) is 1. The van der Waals surface area contributed by atoms with E-state index < -0.39 is 16.7 Å². The van der Waals surface area contributed by atoms with Crippen LogP contribution in [-0.2, 0) is 0 Å². The van der Waals surface area contributed by atoms with Crippen LogP contribution >= 0.6 is 10.8 Å². The monoisotopic (exact) mass is 301 g/mol. The number of rotatable bonds is 3. The molecule has 0 aliphatic rings. The summed E-state index contributed by atoms with van der Waals surface area (Å²) < 4.78 is 26.6. The van der Waals surface area contributed by atoms with Gasteiger partial charge in [0.05, 0.1) is 0 Å². The molecule has 6 heteroatoms. The fraction of sp³-hybridized carbons (Fsp3) is 0.500. The fourth-order valence-corrected chi connectivity index (χ4v) is 2.17. The Kier molecular flexibility index (Phi) is 4.74. The molecule has 20 heavy (non-hydrogen) atoms. The minimum Gasteiger partial charge on any atom is -0.488 e. The number of hydrogen-bond acceptors (Lipinski definition) is 4. The smallest absolute Gasteiger partial charge is 0.269 e. The van der Waals surface area contributed by atoms with E-state index in [0.717, 1.165) is 16.9 Å². The second kappa shape index (κ2) is 5.63. The van der Waals surface area contributed by atoms with Crippen molar-refractivity contribution in [2.45, 2.75) is 40.2 Å². The van der Waals surface area contributed by atoms with Gasteiger partial charge in [0.25, 0.3) is 5.91 Å². The maximum atomic E-state index is 12.0. The lowest BCUT2D eigenvalue weighted by molar-refractivity contribution is 0.0977. The van der Waals surface area contributed by atoms with Gasteiger partial charge < -0.3 is 4.74 Å². The molecule has 0 saturated carbocycles. The molecule has 0 unspecified atom stereocenters. The molecule has 1 rings (SSSR count). The van der Waals surface area contributed by atoms with E-state index in [4.69, 9.17) is 4.74 Å². The van der Waals surface area contributed by atoms with E-state index in [-0.39, 0.29) is 5.60 Å². The molecular formula is C14H23NO4S. The highest BCUT2D eigenvalue weighted by atomic mass is 32.3. The third-order valence-electron chi connectivity index (χ3n) is 2.47. The first-order valence-corrected chi connectivity index (χ1v) is 8.20. The number of aryl methyl sites for hydroxylation is 2. The Morgan fingerprint density at radius 3 is 2.20 bits per heavy atom. The zero-order valence-corrected chi connectivity index (χ0v) is 13.6. The Morgan fingerprint density at radius 1 is 1.20 bits per heavy atom. The first-order valence-electron chi connectivity index (χ1n) is 6.24. The molecule has 0 heterocycles. The Morgan fingerprint density at radius 2 is 1.75 bits per heavy atom. The fourth-order valence-electron chi connectivity index (χ4n) is 1.70. The van der Waals surface area contributed by atoms with Crippen LogP contribution < -0.4 is 9.46 Å². The first-order chi connectivity index (χ1) is 8.89. The maximum Gasteiger partial charge on any atom is 0.269 e. The molecule has 1 aromatic carbocycles. The molecule has 0 fully saturated rings. The number of hydrogen-bond donors (Lipinski definition) is 3. The molecule has 0 aromatic heterocycles. The van der Waals surface area contributed by atoms with E-state index >= 15 is 0 Å². The van der Waals surface area contributed by atoms with Crippen molar-refractivity contribution >= 4 is 16.7 Å². The lowest BCUT2D eigenvalue weighted by Crippen LogP contribution is -2.27. The minimum atomic E-state index is -3.07. The molecule has 0 atom stereocenters. The van der Waals surface area contributed by atoms with Gasteiger partial charge in [-0.2, -0.15) is 0 Å². The Balaban J connectivity index is 3.08.